The molecule has 4 nitrogen and oxygen atoms in total. The van der Waals surface area contributed by atoms with Crippen LogP contribution in [0.1, 0.15) is 12.1 Å². The van der Waals surface area contributed by atoms with Crippen molar-refractivity contribution in [3.63, 3.8) is 0 Å². The first-order valence-electron chi connectivity index (χ1n) is 5.08. The first kappa shape index (κ1) is 12.5. The second-order valence-electron chi connectivity index (χ2n) is 3.49. The Morgan fingerprint density at radius 3 is 3.00 bits per heavy atom. The van der Waals surface area contributed by atoms with Gasteiger partial charge < -0.3 is 10.4 Å². The lowest BCUT2D eigenvalue weighted by atomic mass is 10.2. The Hall–Kier alpha value is -0.520. The van der Waals surface area contributed by atoms with Crippen LogP contribution in [0.25, 0.3) is 0 Å². The van der Waals surface area contributed by atoms with E-state index in [0.29, 0.717) is 0 Å². The highest BCUT2D eigenvalue weighted by molar-refractivity contribution is 7.98. The van der Waals surface area contributed by atoms with Gasteiger partial charge >= 0.3 is 0 Å². The highest BCUT2D eigenvalue weighted by atomic mass is 32.2. The van der Waals surface area contributed by atoms with E-state index in [-0.39, 0.29) is 12.6 Å². The van der Waals surface area contributed by atoms with Crippen LogP contribution >= 0.6 is 11.8 Å². The number of hydrogen-bond donors (Lipinski definition) is 2. The fraction of sp³-hybridized carbons (Fsp3) is 0.700. The van der Waals surface area contributed by atoms with E-state index in [4.69, 9.17) is 5.11 Å². The normalized spacial score (nSPS) is 13.0. The van der Waals surface area contributed by atoms with Crippen LogP contribution in [0.3, 0.4) is 0 Å². The zero-order valence-corrected chi connectivity index (χ0v) is 10.1. The molecule has 0 bridgehead atoms. The average Bonchev–Trinajstić information content (AvgIpc) is 2.65. The maximum Gasteiger partial charge on any atom is 0.0585 e. The number of hydrogen-bond acceptors (Lipinski definition) is 4. The van der Waals surface area contributed by atoms with Crippen LogP contribution in [0.4, 0.5) is 0 Å². The van der Waals surface area contributed by atoms with Crippen LogP contribution in [0.5, 0.6) is 0 Å². The lowest BCUT2D eigenvalue weighted by Crippen LogP contribution is -2.33. The van der Waals surface area contributed by atoms with Crippen LogP contribution < -0.4 is 5.32 Å². The number of aliphatic hydroxyl groups excluding tert-OH is 1. The summed E-state index contributed by atoms with van der Waals surface area (Å²) < 4.78 is 1.84. The topological polar surface area (TPSA) is 50.1 Å². The van der Waals surface area contributed by atoms with Crippen molar-refractivity contribution in [2.75, 3.05) is 18.6 Å². The van der Waals surface area contributed by atoms with Gasteiger partial charge in [-0.05, 0) is 24.5 Å². The molecule has 0 aliphatic heterocycles. The number of nitrogens with one attached hydrogen (secondary N) is 1. The van der Waals surface area contributed by atoms with Gasteiger partial charge in [-0.15, -0.1) is 0 Å². The summed E-state index contributed by atoms with van der Waals surface area (Å²) in [6.45, 7) is 0.953. The number of aliphatic hydroxyl groups is 1. The molecule has 15 heavy (non-hydrogen) atoms. The molecule has 0 aliphatic carbocycles. The largest absolute Gasteiger partial charge is 0.395 e. The molecule has 1 atom stereocenters. The van der Waals surface area contributed by atoms with Crippen molar-refractivity contribution >= 4 is 11.8 Å². The molecule has 0 radical (unpaired) electrons. The molecule has 2 N–H and O–H groups in total. The molecule has 1 heterocycles. The van der Waals surface area contributed by atoms with E-state index in [1.54, 1.807) is 18.0 Å². The Bertz CT molecular complexity index is 277. The molecule has 0 fully saturated rings. The summed E-state index contributed by atoms with van der Waals surface area (Å²) in [5.41, 5.74) is 1.14. The second-order valence-corrected chi connectivity index (χ2v) is 4.47. The Kier molecular flexibility index (Phi) is 5.75. The first-order valence-corrected chi connectivity index (χ1v) is 6.47. The maximum absolute atomic E-state index is 9.16. The smallest absolute Gasteiger partial charge is 0.0585 e. The van der Waals surface area contributed by atoms with E-state index in [9.17, 15) is 0 Å². The SMILES string of the molecule is CSCCC(CO)NCc1ccnn1C. The molecule has 86 valence electrons. The average molecular weight is 229 g/mol. The van der Waals surface area contributed by atoms with Gasteiger partial charge in [-0.2, -0.15) is 16.9 Å². The minimum atomic E-state index is 0.187. The number of rotatable bonds is 7. The summed E-state index contributed by atoms with van der Waals surface area (Å²) in [5.74, 6) is 1.07. The lowest BCUT2D eigenvalue weighted by molar-refractivity contribution is 0.238. The summed E-state index contributed by atoms with van der Waals surface area (Å²) in [4.78, 5) is 0. The molecule has 0 spiro atoms. The summed E-state index contributed by atoms with van der Waals surface area (Å²) >= 11 is 1.80. The van der Waals surface area contributed by atoms with Crippen molar-refractivity contribution in [3.8, 4) is 0 Å². The molecule has 1 aromatic rings. The third kappa shape index (κ3) is 4.24. The molecule has 1 unspecified atom stereocenters. The minimum absolute atomic E-state index is 0.187. The van der Waals surface area contributed by atoms with Crippen molar-refractivity contribution in [3.05, 3.63) is 18.0 Å². The summed E-state index contributed by atoms with van der Waals surface area (Å²) in [7, 11) is 1.92. The van der Waals surface area contributed by atoms with Crippen LogP contribution in [0, 0.1) is 0 Å². The molecule has 1 aromatic heterocycles. The van der Waals surface area contributed by atoms with Crippen LogP contribution in [0.2, 0.25) is 0 Å². The maximum atomic E-state index is 9.16. The molecular weight excluding hydrogens is 210 g/mol. The standard InChI is InChI=1S/C10H19N3OS/c1-13-10(3-5-12-13)7-11-9(8-14)4-6-15-2/h3,5,9,11,14H,4,6-8H2,1-2H3. The van der Waals surface area contributed by atoms with Gasteiger partial charge in [0.1, 0.15) is 0 Å². The monoisotopic (exact) mass is 229 g/mol. The Morgan fingerprint density at radius 1 is 1.67 bits per heavy atom. The molecule has 0 saturated heterocycles. The van der Waals surface area contributed by atoms with Crippen molar-refractivity contribution in [2.24, 2.45) is 7.05 Å². The zero-order valence-electron chi connectivity index (χ0n) is 9.31. The number of aromatic nitrogens is 2. The molecule has 0 amide bonds. The predicted octanol–water partition coefficient (Wildman–Crippen LogP) is 0.624. The van der Waals surface area contributed by atoms with Crippen LogP contribution in [-0.2, 0) is 13.6 Å². The van der Waals surface area contributed by atoms with Gasteiger partial charge in [0.05, 0.1) is 12.3 Å². The Balaban J connectivity index is 2.31. The highest BCUT2D eigenvalue weighted by Gasteiger charge is 2.07. The van der Waals surface area contributed by atoms with Crippen molar-refractivity contribution in [2.45, 2.75) is 19.0 Å². The molecule has 0 saturated carbocycles. The number of aryl methyl sites for hydroxylation is 1. The quantitative estimate of drug-likeness (QED) is 0.720. The van der Waals surface area contributed by atoms with E-state index in [0.717, 1.165) is 24.4 Å². The molecule has 5 heteroatoms. The van der Waals surface area contributed by atoms with E-state index in [2.05, 4.69) is 16.7 Å². The van der Waals surface area contributed by atoms with Gasteiger partial charge in [0.2, 0.25) is 0 Å². The molecular formula is C10H19N3OS. The first-order chi connectivity index (χ1) is 7.27. The van der Waals surface area contributed by atoms with Gasteiger partial charge in [0.15, 0.2) is 0 Å². The summed E-state index contributed by atoms with van der Waals surface area (Å²) in [6.07, 6.45) is 4.86. The third-order valence-corrected chi connectivity index (χ3v) is 3.03. The molecule has 0 aliphatic rings. The Labute approximate surface area is 95.1 Å². The number of thioether (sulfide) groups is 1. The molecule has 1 rings (SSSR count). The lowest BCUT2D eigenvalue weighted by Gasteiger charge is -2.15. The van der Waals surface area contributed by atoms with E-state index in [1.165, 1.54) is 0 Å². The third-order valence-electron chi connectivity index (χ3n) is 2.39. The van der Waals surface area contributed by atoms with Crippen LogP contribution in [-0.4, -0.2) is 39.5 Å². The molecule has 0 aromatic carbocycles. The van der Waals surface area contributed by atoms with Gasteiger partial charge in [-0.1, -0.05) is 0 Å². The Morgan fingerprint density at radius 2 is 2.47 bits per heavy atom. The summed E-state index contributed by atoms with van der Waals surface area (Å²) in [5, 5.41) is 16.6. The fourth-order valence-electron chi connectivity index (χ4n) is 1.34. The minimum Gasteiger partial charge on any atom is -0.395 e. The van der Waals surface area contributed by atoms with E-state index in [1.807, 2.05) is 17.8 Å². The van der Waals surface area contributed by atoms with E-state index < -0.39 is 0 Å². The highest BCUT2D eigenvalue weighted by Crippen LogP contribution is 2.02. The fourth-order valence-corrected chi connectivity index (χ4v) is 1.86. The van der Waals surface area contributed by atoms with Gasteiger partial charge in [0.25, 0.3) is 0 Å². The number of nitrogens with zero attached hydrogens (tertiary/aromatic N) is 2. The van der Waals surface area contributed by atoms with Gasteiger partial charge in [-0.3, -0.25) is 4.68 Å². The van der Waals surface area contributed by atoms with Crippen molar-refractivity contribution in [1.82, 2.24) is 15.1 Å². The zero-order chi connectivity index (χ0) is 11.1. The van der Waals surface area contributed by atoms with Gasteiger partial charge in [0, 0.05) is 25.8 Å². The summed E-state index contributed by atoms with van der Waals surface area (Å²) in [6, 6.07) is 2.17. The second kappa shape index (κ2) is 6.87. The van der Waals surface area contributed by atoms with E-state index >= 15 is 0 Å². The van der Waals surface area contributed by atoms with Crippen molar-refractivity contribution in [1.29, 1.82) is 0 Å². The van der Waals surface area contributed by atoms with Crippen molar-refractivity contribution < 1.29 is 5.11 Å². The predicted molar refractivity (Wildman–Crippen MR) is 63.9 cm³/mol. The van der Waals surface area contributed by atoms with Gasteiger partial charge in [-0.25, -0.2) is 0 Å². The van der Waals surface area contributed by atoms with Crippen LogP contribution in [0.15, 0.2) is 12.3 Å².